The van der Waals surface area contributed by atoms with E-state index in [1.807, 2.05) is 13.0 Å². The van der Waals surface area contributed by atoms with Crippen LogP contribution in [-0.4, -0.2) is 12.6 Å². The summed E-state index contributed by atoms with van der Waals surface area (Å²) < 4.78 is 5.52. The second kappa shape index (κ2) is 6.33. The number of hydrogen-bond acceptors (Lipinski definition) is 2. The molecule has 1 aromatic rings. The van der Waals surface area contributed by atoms with Crippen molar-refractivity contribution in [3.05, 3.63) is 27.7 Å². The fraction of sp³-hybridized carbons (Fsp3) is 0.500. The zero-order valence-corrected chi connectivity index (χ0v) is 11.1. The summed E-state index contributed by atoms with van der Waals surface area (Å²) in [6.07, 6.45) is 1.64. The summed E-state index contributed by atoms with van der Waals surface area (Å²) in [6, 6.07) is 3.66. The molecule has 0 aliphatic carbocycles. The van der Waals surface area contributed by atoms with Gasteiger partial charge < -0.3 is 10.5 Å². The molecule has 2 nitrogen and oxygen atoms in total. The molecule has 0 amide bonds. The maximum atomic E-state index is 6.09. The monoisotopic (exact) mass is 261 g/mol. The molecule has 16 heavy (non-hydrogen) atoms. The molecule has 1 atom stereocenters. The van der Waals surface area contributed by atoms with E-state index in [2.05, 4.69) is 6.92 Å². The highest BCUT2D eigenvalue weighted by Gasteiger charge is 2.12. The van der Waals surface area contributed by atoms with Gasteiger partial charge in [-0.3, -0.25) is 0 Å². The van der Waals surface area contributed by atoms with Gasteiger partial charge >= 0.3 is 0 Å². The van der Waals surface area contributed by atoms with Gasteiger partial charge in [0.2, 0.25) is 0 Å². The van der Waals surface area contributed by atoms with E-state index in [9.17, 15) is 0 Å². The smallest absolute Gasteiger partial charge is 0.141 e. The summed E-state index contributed by atoms with van der Waals surface area (Å²) >= 11 is 12.1. The SMILES string of the molecule is CCOc1c(Cl)cc(Cl)cc1CC(N)CC. The van der Waals surface area contributed by atoms with Gasteiger partial charge in [-0.1, -0.05) is 30.1 Å². The standard InChI is InChI=1S/C12H17Cl2NO/c1-3-10(15)6-8-5-9(13)7-11(14)12(8)16-4-2/h5,7,10H,3-4,6,15H2,1-2H3. The molecular weight excluding hydrogens is 245 g/mol. The number of nitrogens with two attached hydrogens (primary N) is 1. The summed E-state index contributed by atoms with van der Waals surface area (Å²) in [7, 11) is 0. The van der Waals surface area contributed by atoms with Crippen LogP contribution in [-0.2, 0) is 6.42 Å². The maximum absolute atomic E-state index is 6.09. The van der Waals surface area contributed by atoms with Crippen molar-refractivity contribution < 1.29 is 4.74 Å². The Kier molecular flexibility index (Phi) is 5.39. The van der Waals surface area contributed by atoms with Gasteiger partial charge in [-0.05, 0) is 37.5 Å². The minimum absolute atomic E-state index is 0.105. The van der Waals surface area contributed by atoms with Crippen LogP contribution < -0.4 is 10.5 Å². The number of hydrogen-bond donors (Lipinski definition) is 1. The lowest BCUT2D eigenvalue weighted by Gasteiger charge is -2.15. The number of halogens is 2. The van der Waals surface area contributed by atoms with E-state index < -0.39 is 0 Å². The first-order chi connectivity index (χ1) is 7.58. The molecule has 0 aromatic heterocycles. The third kappa shape index (κ3) is 3.55. The average molecular weight is 262 g/mol. The number of benzene rings is 1. The van der Waals surface area contributed by atoms with E-state index in [4.69, 9.17) is 33.7 Å². The third-order valence-corrected chi connectivity index (χ3v) is 2.88. The predicted molar refractivity (Wildman–Crippen MR) is 69.6 cm³/mol. The van der Waals surface area contributed by atoms with E-state index in [1.54, 1.807) is 6.07 Å². The Morgan fingerprint density at radius 2 is 2.00 bits per heavy atom. The molecule has 0 heterocycles. The van der Waals surface area contributed by atoms with Crippen LogP contribution in [0.3, 0.4) is 0 Å². The van der Waals surface area contributed by atoms with Gasteiger partial charge in [0.15, 0.2) is 0 Å². The Bertz CT molecular complexity index is 355. The normalized spacial score (nSPS) is 12.6. The van der Waals surface area contributed by atoms with Gasteiger partial charge in [-0.2, -0.15) is 0 Å². The van der Waals surface area contributed by atoms with Crippen LogP contribution in [0.25, 0.3) is 0 Å². The van der Waals surface area contributed by atoms with Gasteiger partial charge in [0.25, 0.3) is 0 Å². The van der Waals surface area contributed by atoms with Crippen molar-refractivity contribution in [3.8, 4) is 5.75 Å². The molecule has 4 heteroatoms. The van der Waals surface area contributed by atoms with E-state index in [1.165, 1.54) is 0 Å². The van der Waals surface area contributed by atoms with Crippen LogP contribution in [0.5, 0.6) is 5.75 Å². The summed E-state index contributed by atoms with van der Waals surface area (Å²) in [5.41, 5.74) is 6.91. The van der Waals surface area contributed by atoms with Crippen molar-refractivity contribution in [2.24, 2.45) is 5.73 Å². The average Bonchev–Trinajstić information content (AvgIpc) is 2.23. The van der Waals surface area contributed by atoms with Crippen LogP contribution in [0, 0.1) is 0 Å². The fourth-order valence-corrected chi connectivity index (χ4v) is 2.09. The second-order valence-corrected chi connectivity index (χ2v) is 4.52. The van der Waals surface area contributed by atoms with Crippen LogP contribution in [0.1, 0.15) is 25.8 Å². The lowest BCUT2D eigenvalue weighted by atomic mass is 10.0. The highest BCUT2D eigenvalue weighted by molar-refractivity contribution is 6.35. The lowest BCUT2D eigenvalue weighted by molar-refractivity contribution is 0.335. The Balaban J connectivity index is 3.03. The number of ether oxygens (including phenoxy) is 1. The largest absolute Gasteiger partial charge is 0.492 e. The molecule has 0 saturated carbocycles. The van der Waals surface area contributed by atoms with E-state index in [0.29, 0.717) is 22.4 Å². The van der Waals surface area contributed by atoms with E-state index in [0.717, 1.165) is 18.4 Å². The molecule has 1 unspecified atom stereocenters. The van der Waals surface area contributed by atoms with E-state index in [-0.39, 0.29) is 6.04 Å². The highest BCUT2D eigenvalue weighted by Crippen LogP contribution is 2.33. The molecule has 0 radical (unpaired) electrons. The van der Waals surface area contributed by atoms with Gasteiger partial charge in [0, 0.05) is 11.1 Å². The Morgan fingerprint density at radius 1 is 1.31 bits per heavy atom. The Labute approximate surface area is 107 Å². The van der Waals surface area contributed by atoms with Crippen molar-refractivity contribution >= 4 is 23.2 Å². The van der Waals surface area contributed by atoms with Crippen molar-refractivity contribution in [2.45, 2.75) is 32.7 Å². The Morgan fingerprint density at radius 3 is 2.56 bits per heavy atom. The van der Waals surface area contributed by atoms with Gasteiger partial charge in [0.1, 0.15) is 5.75 Å². The summed E-state index contributed by atoms with van der Waals surface area (Å²) in [4.78, 5) is 0. The molecule has 0 bridgehead atoms. The Hall–Kier alpha value is -0.440. The topological polar surface area (TPSA) is 35.2 Å². The number of rotatable bonds is 5. The van der Waals surface area contributed by atoms with Crippen LogP contribution in [0.2, 0.25) is 10.0 Å². The van der Waals surface area contributed by atoms with E-state index >= 15 is 0 Å². The van der Waals surface area contributed by atoms with Crippen molar-refractivity contribution in [3.63, 3.8) is 0 Å². The molecule has 1 rings (SSSR count). The van der Waals surface area contributed by atoms with Crippen molar-refractivity contribution in [2.75, 3.05) is 6.61 Å². The quantitative estimate of drug-likeness (QED) is 0.878. The maximum Gasteiger partial charge on any atom is 0.141 e. The minimum atomic E-state index is 0.105. The molecule has 0 aliphatic heterocycles. The highest BCUT2D eigenvalue weighted by atomic mass is 35.5. The third-order valence-electron chi connectivity index (χ3n) is 2.38. The first kappa shape index (κ1) is 13.6. The summed E-state index contributed by atoms with van der Waals surface area (Å²) in [6.45, 7) is 4.56. The molecular formula is C12H17Cl2NO. The zero-order valence-electron chi connectivity index (χ0n) is 9.59. The summed E-state index contributed by atoms with van der Waals surface area (Å²) in [5.74, 6) is 0.706. The lowest BCUT2D eigenvalue weighted by Crippen LogP contribution is -2.21. The first-order valence-corrected chi connectivity index (χ1v) is 6.20. The van der Waals surface area contributed by atoms with Crippen LogP contribution in [0.15, 0.2) is 12.1 Å². The fourth-order valence-electron chi connectivity index (χ4n) is 1.50. The van der Waals surface area contributed by atoms with Crippen molar-refractivity contribution in [1.29, 1.82) is 0 Å². The van der Waals surface area contributed by atoms with Crippen LogP contribution in [0.4, 0.5) is 0 Å². The van der Waals surface area contributed by atoms with Crippen LogP contribution >= 0.6 is 23.2 Å². The molecule has 0 spiro atoms. The molecule has 0 fully saturated rings. The molecule has 0 saturated heterocycles. The van der Waals surface area contributed by atoms with Gasteiger partial charge in [0.05, 0.1) is 11.6 Å². The molecule has 90 valence electrons. The van der Waals surface area contributed by atoms with Gasteiger partial charge in [-0.15, -0.1) is 0 Å². The van der Waals surface area contributed by atoms with Crippen molar-refractivity contribution in [1.82, 2.24) is 0 Å². The van der Waals surface area contributed by atoms with Gasteiger partial charge in [-0.25, -0.2) is 0 Å². The zero-order chi connectivity index (χ0) is 12.1. The first-order valence-electron chi connectivity index (χ1n) is 5.44. The molecule has 0 aliphatic rings. The molecule has 2 N–H and O–H groups in total. The predicted octanol–water partition coefficient (Wildman–Crippen LogP) is 3.67. The summed E-state index contributed by atoms with van der Waals surface area (Å²) in [5, 5.41) is 1.17. The minimum Gasteiger partial charge on any atom is -0.492 e. The second-order valence-electron chi connectivity index (χ2n) is 3.68. The molecule has 1 aromatic carbocycles.